The maximum Gasteiger partial charge on any atom is 0.433 e. The van der Waals surface area contributed by atoms with Gasteiger partial charge in [0, 0.05) is 19.2 Å². The van der Waals surface area contributed by atoms with Crippen molar-refractivity contribution in [1.82, 2.24) is 5.32 Å². The van der Waals surface area contributed by atoms with Gasteiger partial charge in [0.05, 0.1) is 0 Å². The first-order chi connectivity index (χ1) is 14.8. The lowest BCUT2D eigenvalue weighted by atomic mass is 10.0. The van der Waals surface area contributed by atoms with E-state index in [1.807, 2.05) is 36.4 Å². The fourth-order valence-electron chi connectivity index (χ4n) is 3.23. The van der Waals surface area contributed by atoms with E-state index in [0.29, 0.717) is 13.0 Å². The summed E-state index contributed by atoms with van der Waals surface area (Å²) in [5.41, 5.74) is 4.80. The van der Waals surface area contributed by atoms with E-state index < -0.39 is 6.09 Å². The summed E-state index contributed by atoms with van der Waals surface area (Å²) in [7, 11) is 0. The number of hydrogen-bond donors (Lipinski definition) is 1. The van der Waals surface area contributed by atoms with Gasteiger partial charge in [-0.1, -0.05) is 96.5 Å². The third kappa shape index (κ3) is 7.55. The summed E-state index contributed by atoms with van der Waals surface area (Å²) in [6.07, 6.45) is 5.89. The Hall–Kier alpha value is -3.40. The second kappa shape index (κ2) is 12.2. The lowest BCUT2D eigenvalue weighted by Gasteiger charge is -2.04. The van der Waals surface area contributed by atoms with E-state index in [1.165, 1.54) is 11.1 Å². The van der Waals surface area contributed by atoms with Gasteiger partial charge in [0.25, 0.3) is 0 Å². The Balaban J connectivity index is 1.29. The van der Waals surface area contributed by atoms with Gasteiger partial charge in [-0.3, -0.25) is 4.84 Å². The van der Waals surface area contributed by atoms with Gasteiger partial charge >= 0.3 is 6.09 Å². The van der Waals surface area contributed by atoms with Crippen molar-refractivity contribution in [3.63, 3.8) is 0 Å². The van der Waals surface area contributed by atoms with Crippen molar-refractivity contribution in [3.8, 4) is 11.1 Å². The van der Waals surface area contributed by atoms with Crippen molar-refractivity contribution in [2.75, 3.05) is 6.54 Å². The van der Waals surface area contributed by atoms with Crippen LogP contribution in [0.4, 0.5) is 4.79 Å². The summed E-state index contributed by atoms with van der Waals surface area (Å²) in [6, 6.07) is 28.9. The van der Waals surface area contributed by atoms with Crippen LogP contribution in [0.25, 0.3) is 11.1 Å². The molecule has 1 N–H and O–H groups in total. The molecule has 0 saturated heterocycles. The van der Waals surface area contributed by atoms with Crippen LogP contribution in [0.1, 0.15) is 30.4 Å². The number of carbonyl (C=O) groups excluding carboxylic acids is 1. The molecule has 0 radical (unpaired) electrons. The van der Waals surface area contributed by atoms with E-state index in [1.54, 1.807) is 6.21 Å². The van der Waals surface area contributed by atoms with Gasteiger partial charge in [-0.15, -0.1) is 0 Å². The molecule has 4 heteroatoms. The molecule has 0 aromatic heterocycles. The minimum atomic E-state index is -0.507. The maximum atomic E-state index is 11.7. The number of nitrogens with one attached hydrogen (secondary N) is 1. The van der Waals surface area contributed by atoms with Gasteiger partial charge in [-0.2, -0.15) is 0 Å². The molecule has 0 aliphatic rings. The van der Waals surface area contributed by atoms with Crippen LogP contribution in [-0.2, 0) is 17.7 Å². The summed E-state index contributed by atoms with van der Waals surface area (Å²) in [4.78, 5) is 16.6. The highest BCUT2D eigenvalue weighted by Gasteiger charge is 2.01. The molecule has 3 aromatic carbocycles. The monoisotopic (exact) mass is 400 g/mol. The predicted molar refractivity (Wildman–Crippen MR) is 123 cm³/mol. The summed E-state index contributed by atoms with van der Waals surface area (Å²) >= 11 is 0. The van der Waals surface area contributed by atoms with Crippen molar-refractivity contribution in [2.45, 2.75) is 32.1 Å². The Morgan fingerprint density at radius 3 is 2.30 bits per heavy atom. The molecule has 0 spiro atoms. The van der Waals surface area contributed by atoms with E-state index >= 15 is 0 Å². The van der Waals surface area contributed by atoms with Crippen molar-refractivity contribution in [3.05, 3.63) is 96.1 Å². The molecule has 0 saturated carbocycles. The Bertz CT molecular complexity index is 924. The van der Waals surface area contributed by atoms with Crippen molar-refractivity contribution >= 4 is 12.3 Å². The van der Waals surface area contributed by atoms with Crippen LogP contribution < -0.4 is 5.32 Å². The second-order valence-electron chi connectivity index (χ2n) is 7.16. The lowest BCUT2D eigenvalue weighted by molar-refractivity contribution is 0.151. The number of benzene rings is 3. The van der Waals surface area contributed by atoms with Crippen molar-refractivity contribution in [1.29, 1.82) is 0 Å². The molecule has 0 fully saturated rings. The fraction of sp³-hybridized carbons (Fsp3) is 0.231. The van der Waals surface area contributed by atoms with Crippen LogP contribution in [0.2, 0.25) is 0 Å². The molecular weight excluding hydrogens is 372 g/mol. The van der Waals surface area contributed by atoms with Crippen LogP contribution in [0.5, 0.6) is 0 Å². The number of nitrogens with zero attached hydrogens (tertiary/aromatic N) is 1. The number of aryl methyl sites for hydroxylation is 1. The molecule has 3 rings (SSSR count). The summed E-state index contributed by atoms with van der Waals surface area (Å²) in [5, 5.41) is 6.52. The average molecular weight is 401 g/mol. The third-order valence-electron chi connectivity index (χ3n) is 4.83. The highest BCUT2D eigenvalue weighted by Crippen LogP contribution is 2.19. The van der Waals surface area contributed by atoms with Crippen LogP contribution in [0.15, 0.2) is 90.1 Å². The standard InChI is InChI=1S/C26H28N2O2/c29-26(27-19-9-3-6-13-22-11-4-1-5-12-22)30-28-20-18-23-14-10-17-25(21-23)24-15-7-2-8-16-24/h1-2,4-5,7-8,10-12,14-17,20-21H,3,6,9,13,18-19H2,(H,27,29). The zero-order chi connectivity index (χ0) is 20.9. The van der Waals surface area contributed by atoms with E-state index in [2.05, 4.69) is 59.0 Å². The molecule has 0 heterocycles. The molecule has 3 aromatic rings. The van der Waals surface area contributed by atoms with Gasteiger partial charge in [-0.25, -0.2) is 4.79 Å². The van der Waals surface area contributed by atoms with Gasteiger partial charge in [0.2, 0.25) is 0 Å². The first-order valence-electron chi connectivity index (χ1n) is 10.5. The quantitative estimate of drug-likeness (QED) is 0.196. The first-order valence-corrected chi connectivity index (χ1v) is 10.5. The molecule has 0 aliphatic carbocycles. The number of hydrogen-bond acceptors (Lipinski definition) is 3. The normalized spacial score (nSPS) is 10.8. The summed E-state index contributed by atoms with van der Waals surface area (Å²) in [6.45, 7) is 0.599. The van der Waals surface area contributed by atoms with Crippen LogP contribution in [0, 0.1) is 0 Å². The average Bonchev–Trinajstić information content (AvgIpc) is 2.80. The second-order valence-corrected chi connectivity index (χ2v) is 7.16. The van der Waals surface area contributed by atoms with Gasteiger partial charge in [0.15, 0.2) is 0 Å². The van der Waals surface area contributed by atoms with E-state index in [0.717, 1.165) is 36.8 Å². The van der Waals surface area contributed by atoms with Crippen LogP contribution in [-0.4, -0.2) is 18.9 Å². The van der Waals surface area contributed by atoms with Crippen molar-refractivity contribution in [2.24, 2.45) is 5.16 Å². The molecule has 0 unspecified atom stereocenters. The summed E-state index contributed by atoms with van der Waals surface area (Å²) in [5.74, 6) is 0. The number of amides is 1. The van der Waals surface area contributed by atoms with E-state index in [-0.39, 0.29) is 0 Å². The Morgan fingerprint density at radius 1 is 0.800 bits per heavy atom. The highest BCUT2D eigenvalue weighted by atomic mass is 16.7. The van der Waals surface area contributed by atoms with Crippen LogP contribution in [0.3, 0.4) is 0 Å². The lowest BCUT2D eigenvalue weighted by Crippen LogP contribution is -2.23. The minimum absolute atomic E-state index is 0.507. The predicted octanol–water partition coefficient (Wildman–Crippen LogP) is 6.02. The SMILES string of the molecule is O=C(NCCCCCc1ccccc1)ON=CCc1cccc(-c2ccccc2)c1. The maximum absolute atomic E-state index is 11.7. The Morgan fingerprint density at radius 2 is 1.50 bits per heavy atom. The summed E-state index contributed by atoms with van der Waals surface area (Å²) < 4.78 is 0. The fourth-order valence-corrected chi connectivity index (χ4v) is 3.23. The minimum Gasteiger partial charge on any atom is -0.320 e. The van der Waals surface area contributed by atoms with Gasteiger partial charge in [0.1, 0.15) is 0 Å². The first kappa shape index (κ1) is 21.3. The number of carbonyl (C=O) groups is 1. The highest BCUT2D eigenvalue weighted by molar-refractivity contribution is 5.69. The largest absolute Gasteiger partial charge is 0.433 e. The molecular formula is C26H28N2O2. The molecule has 4 nitrogen and oxygen atoms in total. The Kier molecular flexibility index (Phi) is 8.68. The molecule has 0 aliphatic heterocycles. The third-order valence-corrected chi connectivity index (χ3v) is 4.83. The van der Waals surface area contributed by atoms with Gasteiger partial charge in [-0.05, 0) is 41.5 Å². The topological polar surface area (TPSA) is 50.7 Å². The van der Waals surface area contributed by atoms with Crippen LogP contribution >= 0.6 is 0 Å². The molecule has 0 atom stereocenters. The van der Waals surface area contributed by atoms with Crippen molar-refractivity contribution < 1.29 is 9.63 Å². The smallest absolute Gasteiger partial charge is 0.320 e. The van der Waals surface area contributed by atoms with E-state index in [4.69, 9.17) is 4.84 Å². The van der Waals surface area contributed by atoms with E-state index in [9.17, 15) is 4.79 Å². The molecule has 0 bridgehead atoms. The molecule has 154 valence electrons. The zero-order valence-electron chi connectivity index (χ0n) is 17.2. The number of unbranched alkanes of at least 4 members (excludes halogenated alkanes) is 2. The molecule has 30 heavy (non-hydrogen) atoms. The number of rotatable bonds is 10. The number of oxime groups is 1. The van der Waals surface area contributed by atoms with Gasteiger partial charge < -0.3 is 5.32 Å². The molecule has 1 amide bonds. The Labute approximate surface area is 178 Å². The zero-order valence-corrected chi connectivity index (χ0v) is 17.2.